The summed E-state index contributed by atoms with van der Waals surface area (Å²) in [6, 6.07) is 38.8. The van der Waals surface area contributed by atoms with Crippen LogP contribution in [0.25, 0.3) is 67.5 Å². The fourth-order valence-electron chi connectivity index (χ4n) is 15.9. The summed E-state index contributed by atoms with van der Waals surface area (Å²) in [6.45, 7) is 4.67. The number of hydrogen-bond donors (Lipinski definition) is 0. The molecular weight excluding hydrogens is 757 g/mol. The zero-order valence-corrected chi connectivity index (χ0v) is 36.0. The fraction of sp³-hybridized carbons (Fsp3) is 0.404. The normalized spacial score (nSPS) is 30.5. The zero-order chi connectivity index (χ0) is 41.0. The lowest BCUT2D eigenvalue weighted by atomic mass is 9.48. The number of hydrogen-bond acceptors (Lipinski definition) is 5. The van der Waals surface area contributed by atoms with Crippen molar-refractivity contribution in [1.82, 2.24) is 19.9 Å². The van der Waals surface area contributed by atoms with Gasteiger partial charge in [-0.25, -0.2) is 19.9 Å². The molecule has 9 aliphatic carbocycles. The molecule has 16 rings (SSSR count). The van der Waals surface area contributed by atoms with Gasteiger partial charge >= 0.3 is 0 Å². The maximum absolute atomic E-state index is 6.29. The first-order valence-electron chi connectivity index (χ1n) is 23.9. The van der Waals surface area contributed by atoms with Crippen molar-refractivity contribution in [2.24, 2.45) is 35.5 Å². The summed E-state index contributed by atoms with van der Waals surface area (Å²) in [6.07, 6.45) is 18.5. The van der Waals surface area contributed by atoms with Crippen LogP contribution in [-0.4, -0.2) is 19.9 Å². The smallest absolute Gasteiger partial charge is 0.182 e. The third kappa shape index (κ3) is 5.32. The van der Waals surface area contributed by atoms with Gasteiger partial charge in [0.25, 0.3) is 0 Å². The second-order valence-electron chi connectivity index (χ2n) is 22.0. The van der Waals surface area contributed by atoms with Gasteiger partial charge in [0, 0.05) is 22.1 Å². The van der Waals surface area contributed by atoms with E-state index in [2.05, 4.69) is 117 Å². The number of nitrogens with zero attached hydrogens (tertiary/aromatic N) is 4. The van der Waals surface area contributed by atoms with E-state index in [1.807, 2.05) is 0 Å². The van der Waals surface area contributed by atoms with Gasteiger partial charge in [0.15, 0.2) is 29.4 Å². The van der Waals surface area contributed by atoms with E-state index in [9.17, 15) is 0 Å². The first kappa shape index (κ1) is 36.1. The second-order valence-corrected chi connectivity index (χ2v) is 22.0. The van der Waals surface area contributed by atoms with Crippen molar-refractivity contribution in [2.75, 3.05) is 0 Å². The standard InChI is InChI=1S/C57H54N4O/c1-55(2)48-6-4-3-5-45(48)46-16-11-41(25-49(46)55)44-17-18-47(51-50(44)58-32-62-51)54-60-52(39-7-12-42(13-8-39)56-26-33-19-34(27-56)21-35(20-33)28-56)59-53(61-54)40-9-14-43(15-10-40)57-29-36-22-37(30-57)24-38(23-36)31-57/h3-18,25,32-38H,19-24,26-31H2,1-2H3. The molecule has 0 spiro atoms. The third-order valence-corrected chi connectivity index (χ3v) is 17.8. The molecule has 0 saturated heterocycles. The van der Waals surface area contributed by atoms with Crippen molar-refractivity contribution in [3.63, 3.8) is 0 Å². The number of fused-ring (bicyclic) bond motifs is 4. The number of rotatable bonds is 6. The Morgan fingerprint density at radius 3 is 1.45 bits per heavy atom. The summed E-state index contributed by atoms with van der Waals surface area (Å²) in [7, 11) is 0. The zero-order valence-electron chi connectivity index (χ0n) is 36.0. The Labute approximate surface area is 364 Å². The molecule has 0 N–H and O–H groups in total. The van der Waals surface area contributed by atoms with Gasteiger partial charge in [-0.3, -0.25) is 0 Å². The first-order valence-corrected chi connectivity index (χ1v) is 23.9. The van der Waals surface area contributed by atoms with Crippen LogP contribution in [0, 0.1) is 35.5 Å². The Morgan fingerprint density at radius 1 is 0.452 bits per heavy atom. The minimum absolute atomic E-state index is 0.0939. The Kier molecular flexibility index (Phi) is 7.47. The van der Waals surface area contributed by atoms with Crippen LogP contribution < -0.4 is 0 Å². The van der Waals surface area contributed by atoms with Crippen molar-refractivity contribution < 1.29 is 4.42 Å². The molecule has 0 amide bonds. The quantitative estimate of drug-likeness (QED) is 0.167. The molecule has 0 unspecified atom stereocenters. The molecule has 5 aromatic carbocycles. The molecule has 62 heavy (non-hydrogen) atoms. The van der Waals surface area contributed by atoms with E-state index in [-0.39, 0.29) is 5.41 Å². The van der Waals surface area contributed by atoms with Gasteiger partial charge in [0.1, 0.15) is 5.52 Å². The van der Waals surface area contributed by atoms with Crippen LogP contribution in [0.1, 0.15) is 113 Å². The lowest BCUT2D eigenvalue weighted by Crippen LogP contribution is -2.48. The van der Waals surface area contributed by atoms with Crippen molar-refractivity contribution in [2.45, 2.75) is 107 Å². The molecule has 308 valence electrons. The topological polar surface area (TPSA) is 64.7 Å². The molecule has 5 heteroatoms. The van der Waals surface area contributed by atoms with Crippen LogP contribution in [0.2, 0.25) is 0 Å². The second kappa shape index (κ2) is 12.8. The number of aromatic nitrogens is 4. The molecule has 2 aromatic heterocycles. The van der Waals surface area contributed by atoms with E-state index in [0.29, 0.717) is 33.9 Å². The summed E-state index contributed by atoms with van der Waals surface area (Å²) < 4.78 is 6.29. The molecule has 0 atom stereocenters. The average molecular weight is 811 g/mol. The van der Waals surface area contributed by atoms with E-state index < -0.39 is 0 Å². The van der Waals surface area contributed by atoms with Gasteiger partial charge in [0.2, 0.25) is 0 Å². The van der Waals surface area contributed by atoms with Gasteiger partial charge in [-0.05, 0) is 174 Å². The summed E-state index contributed by atoms with van der Waals surface area (Å²) in [5.41, 5.74) is 15.6. The summed E-state index contributed by atoms with van der Waals surface area (Å²) in [5, 5.41) is 0. The van der Waals surface area contributed by atoms with Crippen molar-refractivity contribution in [3.05, 3.63) is 132 Å². The maximum atomic E-state index is 6.29. The predicted octanol–water partition coefficient (Wildman–Crippen LogP) is 13.9. The summed E-state index contributed by atoms with van der Waals surface area (Å²) >= 11 is 0. The van der Waals surface area contributed by atoms with Crippen LogP contribution in [-0.2, 0) is 16.2 Å². The molecule has 8 saturated carbocycles. The molecule has 7 aromatic rings. The molecule has 2 heterocycles. The fourth-order valence-corrected chi connectivity index (χ4v) is 15.9. The summed E-state index contributed by atoms with van der Waals surface area (Å²) in [4.78, 5) is 20.7. The highest BCUT2D eigenvalue weighted by atomic mass is 16.3. The average Bonchev–Trinajstić information content (AvgIpc) is 3.86. The SMILES string of the molecule is CC1(C)c2ccccc2-c2ccc(-c3ccc(-c4nc(-c5ccc(C67CC8CC(CC(C8)C6)C7)cc5)nc(-c5ccc(C67CC8CC(CC(C8)C6)C7)cc5)n4)c4ocnc34)cc21. The highest BCUT2D eigenvalue weighted by molar-refractivity contribution is 5.99. The van der Waals surface area contributed by atoms with Gasteiger partial charge < -0.3 is 4.42 Å². The van der Waals surface area contributed by atoms with Crippen LogP contribution in [0.4, 0.5) is 0 Å². The Balaban J connectivity index is 0.862. The van der Waals surface area contributed by atoms with E-state index in [0.717, 1.165) is 68.8 Å². The predicted molar refractivity (Wildman–Crippen MR) is 246 cm³/mol. The highest BCUT2D eigenvalue weighted by Crippen LogP contribution is 2.62. The monoisotopic (exact) mass is 810 g/mol. The van der Waals surface area contributed by atoms with Gasteiger partial charge in [-0.1, -0.05) is 105 Å². The molecule has 9 aliphatic rings. The van der Waals surface area contributed by atoms with Gasteiger partial charge in [-0.15, -0.1) is 0 Å². The Hall–Kier alpha value is -5.42. The largest absolute Gasteiger partial charge is 0.443 e. The lowest BCUT2D eigenvalue weighted by Gasteiger charge is -2.57. The lowest BCUT2D eigenvalue weighted by molar-refractivity contribution is -0.00530. The van der Waals surface area contributed by atoms with Gasteiger partial charge in [-0.2, -0.15) is 0 Å². The molecule has 0 radical (unpaired) electrons. The Bertz CT molecular complexity index is 2780. The molecule has 5 nitrogen and oxygen atoms in total. The maximum Gasteiger partial charge on any atom is 0.182 e. The molecular formula is C57H54N4O. The van der Waals surface area contributed by atoms with E-state index in [4.69, 9.17) is 24.4 Å². The minimum Gasteiger partial charge on any atom is -0.443 e. The van der Waals surface area contributed by atoms with E-state index in [1.165, 1.54) is 110 Å². The minimum atomic E-state index is -0.0939. The van der Waals surface area contributed by atoms with Crippen molar-refractivity contribution in [1.29, 1.82) is 0 Å². The Morgan fingerprint density at radius 2 is 0.903 bits per heavy atom. The highest BCUT2D eigenvalue weighted by Gasteiger charge is 2.53. The first-order chi connectivity index (χ1) is 30.3. The molecule has 0 aliphatic heterocycles. The number of benzene rings is 5. The van der Waals surface area contributed by atoms with E-state index in [1.54, 1.807) is 6.39 Å². The van der Waals surface area contributed by atoms with Crippen LogP contribution in [0.5, 0.6) is 0 Å². The van der Waals surface area contributed by atoms with Crippen molar-refractivity contribution in [3.8, 4) is 56.4 Å². The molecule has 8 fully saturated rings. The third-order valence-electron chi connectivity index (χ3n) is 17.8. The van der Waals surface area contributed by atoms with Crippen LogP contribution in [0.3, 0.4) is 0 Å². The number of oxazole rings is 1. The van der Waals surface area contributed by atoms with Gasteiger partial charge in [0.05, 0.1) is 5.56 Å². The molecule has 8 bridgehead atoms. The summed E-state index contributed by atoms with van der Waals surface area (Å²) in [5.74, 6) is 7.48. The van der Waals surface area contributed by atoms with E-state index >= 15 is 0 Å². The van der Waals surface area contributed by atoms with Crippen LogP contribution >= 0.6 is 0 Å². The van der Waals surface area contributed by atoms with Crippen LogP contribution in [0.15, 0.2) is 114 Å². The van der Waals surface area contributed by atoms with Crippen molar-refractivity contribution >= 4 is 11.1 Å².